The molecule has 2 atom stereocenters. The van der Waals surface area contributed by atoms with Gasteiger partial charge in [0.1, 0.15) is 5.56 Å². The molecule has 2 aromatic rings. The van der Waals surface area contributed by atoms with Gasteiger partial charge in [-0.05, 0) is 55.0 Å². The van der Waals surface area contributed by atoms with Gasteiger partial charge in [-0.25, -0.2) is 0 Å². The van der Waals surface area contributed by atoms with Gasteiger partial charge in [-0.1, -0.05) is 47.3 Å². The van der Waals surface area contributed by atoms with Crippen LogP contribution in [-0.2, 0) is 16.4 Å². The molecule has 2 heterocycles. The van der Waals surface area contributed by atoms with Crippen molar-refractivity contribution in [2.75, 3.05) is 49.5 Å². The number of alkyl halides is 3. The van der Waals surface area contributed by atoms with Crippen molar-refractivity contribution in [1.29, 1.82) is 0 Å². The number of hydrogen-bond donors (Lipinski definition) is 1. The molecule has 8 nitrogen and oxygen atoms in total. The van der Waals surface area contributed by atoms with Crippen LogP contribution in [0.1, 0.15) is 66.0 Å². The van der Waals surface area contributed by atoms with Crippen LogP contribution in [0.5, 0.6) is 0 Å². The first kappa shape index (κ1) is 34.2. The number of rotatable bonds is 7. The Bertz CT molecular complexity index is 1250. The van der Waals surface area contributed by atoms with Crippen LogP contribution in [-0.4, -0.2) is 72.0 Å². The summed E-state index contributed by atoms with van der Waals surface area (Å²) in [5.74, 6) is -0.0908. The van der Waals surface area contributed by atoms with Crippen LogP contribution in [0.4, 0.5) is 30.2 Å². The standard InChI is InChI=1S/C31H42F3N5O3.CH4/c1-21(22(2)36-16-18-37(19-17-36)26-9-6-23(7-10-26)30(3,4)5)29(40)38-14-12-24(13-15-38)35-25-8-11-28(39(41)42)27(20-25)31(32,33)34;/h6-11,20-22,24,35H,12-19H2,1-5H3;1H4. The van der Waals surface area contributed by atoms with Crippen LogP contribution in [0.3, 0.4) is 0 Å². The number of piperidine rings is 1. The second kappa shape index (κ2) is 13.5. The van der Waals surface area contributed by atoms with Crippen LogP contribution in [0.25, 0.3) is 0 Å². The number of nitrogens with zero attached hydrogens (tertiary/aromatic N) is 4. The minimum atomic E-state index is -4.83. The molecule has 0 bridgehead atoms. The molecule has 0 aliphatic carbocycles. The summed E-state index contributed by atoms with van der Waals surface area (Å²) in [6.07, 6.45) is -3.66. The Morgan fingerprint density at radius 2 is 1.53 bits per heavy atom. The van der Waals surface area contributed by atoms with Gasteiger partial charge in [0.2, 0.25) is 5.91 Å². The first-order valence-corrected chi connectivity index (χ1v) is 14.7. The number of carbonyl (C=O) groups is 1. The normalized spacial score (nSPS) is 18.5. The maximum Gasteiger partial charge on any atom is 0.423 e. The summed E-state index contributed by atoms with van der Waals surface area (Å²) in [6, 6.07) is 11.7. The van der Waals surface area contributed by atoms with E-state index in [1.54, 1.807) is 0 Å². The lowest BCUT2D eigenvalue weighted by atomic mass is 9.87. The predicted molar refractivity (Wildman–Crippen MR) is 166 cm³/mol. The van der Waals surface area contributed by atoms with Crippen molar-refractivity contribution >= 4 is 23.0 Å². The first-order chi connectivity index (χ1) is 19.6. The second-order valence-corrected chi connectivity index (χ2v) is 12.6. The highest BCUT2D eigenvalue weighted by atomic mass is 19.4. The molecule has 2 fully saturated rings. The molecular formula is C32H46F3N5O3. The maximum absolute atomic E-state index is 13.4. The Balaban J connectivity index is 0.00000506. The Morgan fingerprint density at radius 3 is 2.05 bits per heavy atom. The number of halogens is 3. The molecule has 1 amide bonds. The summed E-state index contributed by atoms with van der Waals surface area (Å²) < 4.78 is 40.0. The zero-order chi connectivity index (χ0) is 30.8. The molecule has 0 aromatic heterocycles. The SMILES string of the molecule is C.CC(C(=O)N1CCC(Nc2ccc([N+](=O)[O-])c(C(F)(F)F)c2)CC1)C(C)N1CCN(c2ccc(C(C)(C)C)cc2)CC1. The van der Waals surface area contributed by atoms with E-state index in [1.807, 2.05) is 11.8 Å². The molecule has 0 spiro atoms. The van der Waals surface area contributed by atoms with E-state index in [1.165, 1.54) is 17.3 Å². The highest BCUT2D eigenvalue weighted by molar-refractivity contribution is 5.79. The van der Waals surface area contributed by atoms with Gasteiger partial charge in [0.15, 0.2) is 0 Å². The van der Waals surface area contributed by atoms with Gasteiger partial charge in [0.05, 0.1) is 10.8 Å². The van der Waals surface area contributed by atoms with Crippen molar-refractivity contribution in [3.8, 4) is 0 Å². The summed E-state index contributed by atoms with van der Waals surface area (Å²) in [5, 5.41) is 14.1. The highest BCUT2D eigenvalue weighted by Crippen LogP contribution is 2.38. The van der Waals surface area contributed by atoms with Gasteiger partial charge in [-0.2, -0.15) is 13.2 Å². The van der Waals surface area contributed by atoms with Gasteiger partial charge in [0.25, 0.3) is 5.69 Å². The molecule has 2 aliphatic heterocycles. The van der Waals surface area contributed by atoms with Crippen molar-refractivity contribution in [1.82, 2.24) is 9.80 Å². The van der Waals surface area contributed by atoms with Crippen LogP contribution in [0.2, 0.25) is 0 Å². The average molecular weight is 606 g/mol. The van der Waals surface area contributed by atoms with E-state index in [0.717, 1.165) is 38.3 Å². The predicted octanol–water partition coefficient (Wildman–Crippen LogP) is 6.80. The summed E-state index contributed by atoms with van der Waals surface area (Å²) >= 11 is 0. The van der Waals surface area contributed by atoms with Crippen LogP contribution in [0, 0.1) is 16.0 Å². The van der Waals surface area contributed by atoms with Crippen LogP contribution >= 0.6 is 0 Å². The number of nitro groups is 1. The fourth-order valence-corrected chi connectivity index (χ4v) is 5.86. The molecule has 43 heavy (non-hydrogen) atoms. The van der Waals surface area contributed by atoms with Crippen molar-refractivity contribution in [2.24, 2.45) is 5.92 Å². The number of amides is 1. The topological polar surface area (TPSA) is 82.0 Å². The molecule has 2 unspecified atom stereocenters. The smallest absolute Gasteiger partial charge is 0.382 e. The number of piperazine rings is 1. The lowest BCUT2D eigenvalue weighted by Crippen LogP contribution is -2.54. The minimum absolute atomic E-state index is 0. The summed E-state index contributed by atoms with van der Waals surface area (Å²) in [6.45, 7) is 15.3. The zero-order valence-corrected chi connectivity index (χ0v) is 25.1. The molecular weight excluding hydrogens is 559 g/mol. The number of hydrogen-bond acceptors (Lipinski definition) is 6. The third-order valence-corrected chi connectivity index (χ3v) is 8.78. The van der Waals surface area contributed by atoms with Gasteiger partial charge in [0, 0.05) is 68.8 Å². The average Bonchev–Trinajstić information content (AvgIpc) is 2.95. The highest BCUT2D eigenvalue weighted by Gasteiger charge is 2.39. The number of nitrogens with one attached hydrogen (secondary N) is 1. The molecule has 2 aromatic carbocycles. The van der Waals surface area contributed by atoms with Gasteiger partial charge in [-0.3, -0.25) is 19.8 Å². The molecule has 4 rings (SSSR count). The number of likely N-dealkylation sites (tertiary alicyclic amines) is 1. The van der Waals surface area contributed by atoms with Crippen LogP contribution < -0.4 is 10.2 Å². The van der Waals surface area contributed by atoms with Gasteiger partial charge < -0.3 is 15.1 Å². The third-order valence-electron chi connectivity index (χ3n) is 8.78. The Morgan fingerprint density at radius 1 is 0.953 bits per heavy atom. The first-order valence-electron chi connectivity index (χ1n) is 14.7. The van der Waals surface area contributed by atoms with Crippen molar-refractivity contribution in [3.05, 3.63) is 63.7 Å². The number of nitro benzene ring substituents is 1. The number of benzene rings is 2. The molecule has 2 saturated heterocycles. The summed E-state index contributed by atoms with van der Waals surface area (Å²) in [4.78, 5) is 30.0. The zero-order valence-electron chi connectivity index (χ0n) is 25.1. The van der Waals surface area contributed by atoms with Crippen molar-refractivity contribution in [2.45, 2.75) is 78.6 Å². The van der Waals surface area contributed by atoms with Crippen molar-refractivity contribution < 1.29 is 22.9 Å². The van der Waals surface area contributed by atoms with E-state index in [4.69, 9.17) is 0 Å². The van der Waals surface area contributed by atoms with E-state index in [2.05, 4.69) is 67.1 Å². The lowest BCUT2D eigenvalue weighted by molar-refractivity contribution is -0.388. The molecule has 2 aliphatic rings. The van der Waals surface area contributed by atoms with E-state index in [0.29, 0.717) is 25.9 Å². The van der Waals surface area contributed by atoms with Crippen LogP contribution in [0.15, 0.2) is 42.5 Å². The Labute approximate surface area is 253 Å². The van der Waals surface area contributed by atoms with Crippen molar-refractivity contribution in [3.63, 3.8) is 0 Å². The summed E-state index contributed by atoms with van der Waals surface area (Å²) in [7, 11) is 0. The molecule has 11 heteroatoms. The monoisotopic (exact) mass is 605 g/mol. The molecule has 0 saturated carbocycles. The number of carbonyl (C=O) groups excluding carboxylic acids is 1. The summed E-state index contributed by atoms with van der Waals surface area (Å²) in [5.41, 5.74) is 0.602. The second-order valence-electron chi connectivity index (χ2n) is 12.6. The largest absolute Gasteiger partial charge is 0.423 e. The quantitative estimate of drug-likeness (QED) is 0.276. The Hall–Kier alpha value is -3.34. The van der Waals surface area contributed by atoms with E-state index in [-0.39, 0.29) is 42.4 Å². The van der Waals surface area contributed by atoms with Gasteiger partial charge in [-0.15, -0.1) is 0 Å². The fourth-order valence-electron chi connectivity index (χ4n) is 5.86. The van der Waals surface area contributed by atoms with Gasteiger partial charge >= 0.3 is 6.18 Å². The third kappa shape index (κ3) is 8.19. The van der Waals surface area contributed by atoms with E-state index < -0.39 is 22.4 Å². The number of anilines is 2. The molecule has 0 radical (unpaired) electrons. The lowest BCUT2D eigenvalue weighted by Gasteiger charge is -2.42. The van der Waals surface area contributed by atoms with E-state index in [9.17, 15) is 28.1 Å². The minimum Gasteiger partial charge on any atom is -0.382 e. The molecule has 238 valence electrons. The Kier molecular flexibility index (Phi) is 10.7. The fraction of sp³-hybridized carbons (Fsp3) is 0.594. The molecule has 1 N–H and O–H groups in total. The van der Waals surface area contributed by atoms with E-state index >= 15 is 0 Å². The maximum atomic E-state index is 13.4.